The van der Waals surface area contributed by atoms with Crippen molar-refractivity contribution in [3.8, 4) is 0 Å². The average molecular weight is 286 g/mol. The van der Waals surface area contributed by atoms with Crippen LogP contribution in [0, 0.1) is 10.1 Å². The number of anilines is 1. The van der Waals surface area contributed by atoms with Gasteiger partial charge < -0.3 is 5.32 Å². The molecule has 0 aliphatic rings. The van der Waals surface area contributed by atoms with E-state index in [1.807, 2.05) is 26.2 Å². The van der Waals surface area contributed by atoms with Gasteiger partial charge in [-0.15, -0.1) is 0 Å². The smallest absolute Gasteiger partial charge is 0.269 e. The maximum Gasteiger partial charge on any atom is 0.269 e. The van der Waals surface area contributed by atoms with Gasteiger partial charge in [0.15, 0.2) is 0 Å². The topological polar surface area (TPSA) is 71.3 Å². The summed E-state index contributed by atoms with van der Waals surface area (Å²) in [4.78, 5) is 16.6. The van der Waals surface area contributed by atoms with Gasteiger partial charge >= 0.3 is 0 Å². The van der Waals surface area contributed by atoms with Crippen LogP contribution in [0.25, 0.3) is 0 Å². The van der Waals surface area contributed by atoms with Crippen molar-refractivity contribution in [2.75, 3.05) is 19.4 Å². The summed E-state index contributed by atoms with van der Waals surface area (Å²) in [5, 5.41) is 14.0. The van der Waals surface area contributed by atoms with Crippen LogP contribution in [-0.2, 0) is 13.1 Å². The van der Waals surface area contributed by atoms with Crippen LogP contribution in [0.15, 0.2) is 42.7 Å². The Hall–Kier alpha value is -2.47. The van der Waals surface area contributed by atoms with Crippen LogP contribution < -0.4 is 5.32 Å². The Morgan fingerprint density at radius 1 is 1.24 bits per heavy atom. The first kappa shape index (κ1) is 14.9. The number of pyridine rings is 1. The first-order chi connectivity index (χ1) is 10.1. The summed E-state index contributed by atoms with van der Waals surface area (Å²) < 4.78 is 0. The third-order valence-corrected chi connectivity index (χ3v) is 3.21. The van der Waals surface area contributed by atoms with Crippen molar-refractivity contribution in [1.82, 2.24) is 9.88 Å². The molecule has 0 unspecified atom stereocenters. The van der Waals surface area contributed by atoms with Gasteiger partial charge in [-0.25, -0.2) is 0 Å². The Labute approximate surface area is 123 Å². The highest BCUT2D eigenvalue weighted by molar-refractivity contribution is 5.55. The predicted molar refractivity (Wildman–Crippen MR) is 82.1 cm³/mol. The highest BCUT2D eigenvalue weighted by atomic mass is 16.6. The third kappa shape index (κ3) is 4.00. The molecule has 2 rings (SSSR count). The van der Waals surface area contributed by atoms with E-state index in [1.54, 1.807) is 24.5 Å². The maximum absolute atomic E-state index is 10.9. The lowest BCUT2D eigenvalue weighted by Gasteiger charge is -2.18. The number of nitro groups is 1. The molecular formula is C15H18N4O2. The van der Waals surface area contributed by atoms with Crippen molar-refractivity contribution in [2.45, 2.75) is 13.1 Å². The standard InChI is InChI=1S/C15H18N4O2/c1-16-15-4-3-14(19(20)21)9-13(15)11-18(2)10-12-5-7-17-8-6-12/h3-9,16H,10-11H2,1-2H3. The molecule has 1 aromatic carbocycles. The zero-order valence-corrected chi connectivity index (χ0v) is 12.1. The highest BCUT2D eigenvalue weighted by Gasteiger charge is 2.12. The Kier molecular flexibility index (Phi) is 4.84. The van der Waals surface area contributed by atoms with Crippen LogP contribution in [0.4, 0.5) is 11.4 Å². The van der Waals surface area contributed by atoms with Crippen LogP contribution in [-0.4, -0.2) is 28.9 Å². The minimum absolute atomic E-state index is 0.112. The van der Waals surface area contributed by atoms with Gasteiger partial charge in [-0.1, -0.05) is 0 Å². The van der Waals surface area contributed by atoms with Crippen LogP contribution >= 0.6 is 0 Å². The van der Waals surface area contributed by atoms with E-state index in [0.29, 0.717) is 6.54 Å². The minimum atomic E-state index is -0.369. The Morgan fingerprint density at radius 3 is 2.57 bits per heavy atom. The Morgan fingerprint density at radius 2 is 1.95 bits per heavy atom. The molecule has 6 nitrogen and oxygen atoms in total. The number of non-ortho nitro benzene ring substituents is 1. The van der Waals surface area contributed by atoms with Crippen molar-refractivity contribution >= 4 is 11.4 Å². The summed E-state index contributed by atoms with van der Waals surface area (Å²) in [5.74, 6) is 0. The molecule has 0 saturated carbocycles. The first-order valence-electron chi connectivity index (χ1n) is 6.62. The van der Waals surface area contributed by atoms with Crippen molar-refractivity contribution < 1.29 is 4.92 Å². The van der Waals surface area contributed by atoms with Gasteiger partial charge in [-0.2, -0.15) is 0 Å². The molecule has 1 heterocycles. The Balaban J connectivity index is 2.13. The second-order valence-electron chi connectivity index (χ2n) is 4.88. The summed E-state index contributed by atoms with van der Waals surface area (Å²) in [5.41, 5.74) is 3.08. The third-order valence-electron chi connectivity index (χ3n) is 3.21. The number of nitrogens with one attached hydrogen (secondary N) is 1. The maximum atomic E-state index is 10.9. The normalized spacial score (nSPS) is 10.6. The van der Waals surface area contributed by atoms with Gasteiger partial charge in [0.2, 0.25) is 0 Å². The lowest BCUT2D eigenvalue weighted by atomic mass is 10.1. The minimum Gasteiger partial charge on any atom is -0.388 e. The van der Waals surface area contributed by atoms with Gasteiger partial charge in [0, 0.05) is 50.4 Å². The van der Waals surface area contributed by atoms with Gasteiger partial charge in [0.25, 0.3) is 5.69 Å². The van der Waals surface area contributed by atoms with E-state index in [9.17, 15) is 10.1 Å². The van der Waals surface area contributed by atoms with Crippen LogP contribution in [0.5, 0.6) is 0 Å². The van der Waals surface area contributed by atoms with Crippen LogP contribution in [0.1, 0.15) is 11.1 Å². The molecule has 0 atom stereocenters. The molecule has 0 fully saturated rings. The molecule has 0 amide bonds. The van der Waals surface area contributed by atoms with E-state index in [0.717, 1.165) is 23.4 Å². The van der Waals surface area contributed by atoms with Crippen molar-refractivity contribution in [3.63, 3.8) is 0 Å². The summed E-state index contributed by atoms with van der Waals surface area (Å²) in [6.45, 7) is 1.38. The summed E-state index contributed by atoms with van der Waals surface area (Å²) in [7, 11) is 3.80. The number of benzene rings is 1. The molecule has 0 spiro atoms. The van der Waals surface area contributed by atoms with Crippen molar-refractivity contribution in [2.24, 2.45) is 0 Å². The fourth-order valence-corrected chi connectivity index (χ4v) is 2.21. The zero-order valence-electron chi connectivity index (χ0n) is 12.1. The monoisotopic (exact) mass is 286 g/mol. The Bertz CT molecular complexity index is 616. The molecule has 6 heteroatoms. The number of nitro benzene ring substituents is 1. The van der Waals surface area contributed by atoms with E-state index < -0.39 is 0 Å². The van der Waals surface area contributed by atoms with E-state index in [2.05, 4.69) is 15.2 Å². The number of aromatic nitrogens is 1. The van der Waals surface area contributed by atoms with Gasteiger partial charge in [0.05, 0.1) is 4.92 Å². The number of rotatable bonds is 6. The second kappa shape index (κ2) is 6.81. The second-order valence-corrected chi connectivity index (χ2v) is 4.88. The zero-order chi connectivity index (χ0) is 15.2. The summed E-state index contributed by atoms with van der Waals surface area (Å²) >= 11 is 0. The lowest BCUT2D eigenvalue weighted by Crippen LogP contribution is -2.18. The summed E-state index contributed by atoms with van der Waals surface area (Å²) in [6, 6.07) is 8.80. The van der Waals surface area contributed by atoms with Crippen molar-refractivity contribution in [1.29, 1.82) is 0 Å². The number of nitrogens with zero attached hydrogens (tertiary/aromatic N) is 3. The van der Waals surface area contributed by atoms with Crippen molar-refractivity contribution in [3.05, 3.63) is 64.0 Å². The molecule has 21 heavy (non-hydrogen) atoms. The first-order valence-corrected chi connectivity index (χ1v) is 6.62. The van der Waals surface area contributed by atoms with E-state index in [1.165, 1.54) is 6.07 Å². The highest BCUT2D eigenvalue weighted by Crippen LogP contribution is 2.23. The SMILES string of the molecule is CNc1ccc([N+](=O)[O-])cc1CN(C)Cc1ccncc1. The van der Waals surface area contributed by atoms with Gasteiger partial charge in [0.1, 0.15) is 0 Å². The van der Waals surface area contributed by atoms with Crippen LogP contribution in [0.2, 0.25) is 0 Å². The molecule has 0 bridgehead atoms. The summed E-state index contributed by atoms with van der Waals surface area (Å²) in [6.07, 6.45) is 3.52. The molecule has 0 radical (unpaired) electrons. The largest absolute Gasteiger partial charge is 0.388 e. The molecule has 0 aliphatic carbocycles. The molecule has 1 N–H and O–H groups in total. The number of hydrogen-bond donors (Lipinski definition) is 1. The number of hydrogen-bond acceptors (Lipinski definition) is 5. The van der Waals surface area contributed by atoms with Gasteiger partial charge in [-0.3, -0.25) is 20.0 Å². The fourth-order valence-electron chi connectivity index (χ4n) is 2.21. The molecule has 0 aliphatic heterocycles. The van der Waals surface area contributed by atoms with E-state index >= 15 is 0 Å². The fraction of sp³-hybridized carbons (Fsp3) is 0.267. The van der Waals surface area contributed by atoms with Crippen LogP contribution in [0.3, 0.4) is 0 Å². The van der Waals surface area contributed by atoms with Gasteiger partial charge in [-0.05, 0) is 36.4 Å². The predicted octanol–water partition coefficient (Wildman–Crippen LogP) is 2.66. The molecule has 2 aromatic rings. The average Bonchev–Trinajstić information content (AvgIpc) is 2.48. The van der Waals surface area contributed by atoms with E-state index in [-0.39, 0.29) is 10.6 Å². The van der Waals surface area contributed by atoms with E-state index in [4.69, 9.17) is 0 Å². The lowest BCUT2D eigenvalue weighted by molar-refractivity contribution is -0.384. The molecule has 0 saturated heterocycles. The molecule has 110 valence electrons. The molecular weight excluding hydrogens is 268 g/mol. The quantitative estimate of drug-likeness (QED) is 0.653. The molecule has 1 aromatic heterocycles.